The molecule has 0 unspecified atom stereocenters. The molecule has 0 spiro atoms. The number of nitro groups is 1. The molecule has 142 valence electrons. The Morgan fingerprint density at radius 1 is 1.26 bits per heavy atom. The Morgan fingerprint density at radius 3 is 2.48 bits per heavy atom. The summed E-state index contributed by atoms with van der Waals surface area (Å²) in [5, 5.41) is 11.5. The Kier molecular flexibility index (Phi) is 7.12. The minimum atomic E-state index is -0.807. The van der Waals surface area contributed by atoms with Crippen LogP contribution in [0.4, 0.5) is 5.69 Å². The van der Waals surface area contributed by atoms with Gasteiger partial charge in [0, 0.05) is 35.9 Å². The summed E-state index contributed by atoms with van der Waals surface area (Å²) in [4.78, 5) is 28.1. The van der Waals surface area contributed by atoms with Gasteiger partial charge in [0.15, 0.2) is 12.4 Å². The Bertz CT molecular complexity index is 863. The number of hydrogen-bond donors (Lipinski definition) is 0. The van der Waals surface area contributed by atoms with Crippen LogP contribution in [0.1, 0.15) is 47.8 Å². The number of aliphatic imine (C=N–C) groups is 1. The molecule has 0 radical (unpaired) electrons. The number of pyridine rings is 1. The summed E-state index contributed by atoms with van der Waals surface area (Å²) >= 11 is 5.38. The number of benzene rings is 1. The van der Waals surface area contributed by atoms with E-state index in [9.17, 15) is 14.9 Å². The molecule has 6 nitrogen and oxygen atoms in total. The van der Waals surface area contributed by atoms with E-state index in [1.807, 2.05) is 31.5 Å². The van der Waals surface area contributed by atoms with Crippen LogP contribution in [-0.4, -0.2) is 22.3 Å². The highest BCUT2D eigenvalue weighted by Gasteiger charge is 2.29. The maximum absolute atomic E-state index is 13.2. The van der Waals surface area contributed by atoms with Crippen molar-refractivity contribution in [3.63, 3.8) is 0 Å². The van der Waals surface area contributed by atoms with E-state index in [0.29, 0.717) is 12.1 Å². The number of aryl methyl sites for hydroxylation is 2. The molecule has 2 rings (SSSR count). The predicted octanol–water partition coefficient (Wildman–Crippen LogP) is 3.53. The van der Waals surface area contributed by atoms with Gasteiger partial charge in [-0.1, -0.05) is 25.5 Å². The monoisotopic (exact) mass is 385 g/mol. The van der Waals surface area contributed by atoms with Gasteiger partial charge in [-0.2, -0.15) is 4.57 Å². The highest BCUT2D eigenvalue weighted by Crippen LogP contribution is 2.22. The molecule has 2 aromatic rings. The van der Waals surface area contributed by atoms with Crippen molar-refractivity contribution in [2.75, 3.05) is 6.54 Å². The van der Waals surface area contributed by atoms with E-state index >= 15 is 0 Å². The molecule has 0 saturated carbocycles. The first kappa shape index (κ1) is 20.6. The van der Waals surface area contributed by atoms with Crippen molar-refractivity contribution < 1.29 is 14.3 Å². The highest BCUT2D eigenvalue weighted by molar-refractivity contribution is 7.77. The van der Waals surface area contributed by atoms with Crippen molar-refractivity contribution >= 4 is 29.1 Å². The van der Waals surface area contributed by atoms with Gasteiger partial charge in [0.25, 0.3) is 5.69 Å². The van der Waals surface area contributed by atoms with Crippen LogP contribution in [0.15, 0.2) is 47.7 Å². The summed E-state index contributed by atoms with van der Waals surface area (Å²) in [6.45, 7) is 6.06. The number of nitrogens with zero attached hydrogens (tertiary/aromatic N) is 3. The second kappa shape index (κ2) is 9.32. The fourth-order valence-electron chi connectivity index (χ4n) is 2.83. The summed E-state index contributed by atoms with van der Waals surface area (Å²) in [5.41, 5.74) is 1.84. The van der Waals surface area contributed by atoms with Crippen molar-refractivity contribution in [1.29, 1.82) is 0 Å². The van der Waals surface area contributed by atoms with Crippen LogP contribution in [0.3, 0.4) is 0 Å². The van der Waals surface area contributed by atoms with E-state index in [1.54, 1.807) is 23.6 Å². The van der Waals surface area contributed by atoms with Crippen LogP contribution in [0.25, 0.3) is 0 Å². The lowest BCUT2D eigenvalue weighted by atomic mass is 10.0. The van der Waals surface area contributed by atoms with Crippen LogP contribution in [0.5, 0.6) is 0 Å². The first-order valence-electron chi connectivity index (χ1n) is 8.89. The second-order valence-corrected chi connectivity index (χ2v) is 6.66. The van der Waals surface area contributed by atoms with Crippen LogP contribution in [-0.2, 0) is 19.0 Å². The number of rotatable bonds is 8. The zero-order valence-corrected chi connectivity index (χ0v) is 16.5. The first-order valence-corrected chi connectivity index (χ1v) is 9.30. The predicted molar refractivity (Wildman–Crippen MR) is 107 cm³/mol. The second-order valence-electron chi connectivity index (χ2n) is 6.24. The number of aromatic nitrogens is 1. The molecule has 0 aliphatic heterocycles. The molecule has 0 bridgehead atoms. The van der Waals surface area contributed by atoms with E-state index in [0.717, 1.165) is 12.8 Å². The molecule has 0 fully saturated rings. The van der Waals surface area contributed by atoms with Gasteiger partial charge in [-0.15, -0.1) is 0 Å². The van der Waals surface area contributed by atoms with E-state index in [4.69, 9.17) is 12.6 Å². The summed E-state index contributed by atoms with van der Waals surface area (Å²) in [7, 11) is 0. The SMILES string of the molecule is CCCc1cc[n+]([C@H](C(=O)c2ccc(C)c([N+](=O)[O-])c2)C([S-])=NCC)cc1. The molecule has 0 amide bonds. The molecule has 1 atom stereocenters. The van der Waals surface area contributed by atoms with Gasteiger partial charge in [-0.25, -0.2) is 0 Å². The van der Waals surface area contributed by atoms with Crippen LogP contribution in [0, 0.1) is 17.0 Å². The molecule has 0 aliphatic carbocycles. The van der Waals surface area contributed by atoms with Gasteiger partial charge in [0.1, 0.15) is 0 Å². The summed E-state index contributed by atoms with van der Waals surface area (Å²) < 4.78 is 1.72. The lowest BCUT2D eigenvalue weighted by molar-refractivity contribution is -0.692. The fourth-order valence-corrected chi connectivity index (χ4v) is 3.19. The number of carbonyl (C=O) groups excluding carboxylic acids is 1. The summed E-state index contributed by atoms with van der Waals surface area (Å²) in [5.74, 6) is -0.312. The Morgan fingerprint density at radius 2 is 1.93 bits per heavy atom. The number of nitro benzene ring substituents is 1. The van der Waals surface area contributed by atoms with Crippen LogP contribution >= 0.6 is 0 Å². The third-order valence-corrected chi connectivity index (χ3v) is 4.60. The van der Waals surface area contributed by atoms with Gasteiger partial charge in [-0.3, -0.25) is 14.9 Å². The topological polar surface area (TPSA) is 76.5 Å². The fraction of sp³-hybridized carbons (Fsp3) is 0.350. The maximum atomic E-state index is 13.2. The third-order valence-electron chi connectivity index (χ3n) is 4.24. The number of hydrogen-bond acceptors (Lipinski definition) is 5. The summed E-state index contributed by atoms with van der Waals surface area (Å²) in [6.07, 6.45) is 5.61. The number of ketones is 1. The van der Waals surface area contributed by atoms with Gasteiger partial charge < -0.3 is 17.6 Å². The van der Waals surface area contributed by atoms with Crippen molar-refractivity contribution in [3.05, 3.63) is 69.5 Å². The highest BCUT2D eigenvalue weighted by atomic mass is 32.1. The molecule has 7 heteroatoms. The molecule has 1 aromatic carbocycles. The molecular formula is C20H23N3O3S. The van der Waals surface area contributed by atoms with E-state index in [1.165, 1.54) is 11.6 Å². The summed E-state index contributed by atoms with van der Waals surface area (Å²) in [6, 6.07) is 7.59. The van der Waals surface area contributed by atoms with Gasteiger partial charge in [0.2, 0.25) is 11.8 Å². The first-order chi connectivity index (χ1) is 12.9. The van der Waals surface area contributed by atoms with Crippen molar-refractivity contribution in [3.8, 4) is 0 Å². The standard InChI is InChI=1S/C20H23N3O3S/c1-4-6-15-9-11-22(12-10-15)18(20(27)21-5-2)19(24)16-8-7-14(3)17(13-16)23(25)26/h7-13,18H,4-6H2,1-3H3/t18-/m1/s1. The Balaban J connectivity index is 2.48. The zero-order chi connectivity index (χ0) is 20.0. The van der Waals surface area contributed by atoms with E-state index < -0.39 is 11.0 Å². The largest absolute Gasteiger partial charge is 0.758 e. The van der Waals surface area contributed by atoms with Crippen molar-refractivity contribution in [2.24, 2.45) is 4.99 Å². The van der Waals surface area contributed by atoms with Crippen LogP contribution in [0.2, 0.25) is 0 Å². The average molecular weight is 385 g/mol. The molecule has 0 saturated heterocycles. The van der Waals surface area contributed by atoms with Crippen molar-refractivity contribution in [2.45, 2.75) is 39.7 Å². The van der Waals surface area contributed by atoms with Crippen LogP contribution < -0.4 is 4.57 Å². The van der Waals surface area contributed by atoms with E-state index in [-0.39, 0.29) is 22.1 Å². The third kappa shape index (κ3) is 4.95. The van der Waals surface area contributed by atoms with E-state index in [2.05, 4.69) is 11.9 Å². The minimum Gasteiger partial charge on any atom is -0.758 e. The molecule has 0 N–H and O–H groups in total. The quantitative estimate of drug-likeness (QED) is 0.132. The number of carbonyl (C=O) groups is 1. The molecular weight excluding hydrogens is 362 g/mol. The Hall–Kier alpha value is -2.67. The maximum Gasteiger partial charge on any atom is 0.273 e. The molecule has 1 aromatic heterocycles. The zero-order valence-electron chi connectivity index (χ0n) is 15.7. The van der Waals surface area contributed by atoms with Gasteiger partial charge in [-0.05, 0) is 30.9 Å². The minimum absolute atomic E-state index is 0.0822. The molecule has 0 aliphatic rings. The van der Waals surface area contributed by atoms with Crippen molar-refractivity contribution in [1.82, 2.24) is 0 Å². The Labute approximate surface area is 164 Å². The van der Waals surface area contributed by atoms with Gasteiger partial charge >= 0.3 is 0 Å². The lowest BCUT2D eigenvalue weighted by Gasteiger charge is -2.18. The average Bonchev–Trinajstić information content (AvgIpc) is 2.64. The number of Topliss-reactive ketones (excluding diaryl/α,β-unsaturated/α-hetero) is 1. The molecule has 27 heavy (non-hydrogen) atoms. The normalized spacial score (nSPS) is 12.6. The smallest absolute Gasteiger partial charge is 0.273 e. The lowest BCUT2D eigenvalue weighted by Crippen LogP contribution is -2.47. The van der Waals surface area contributed by atoms with Gasteiger partial charge in [0.05, 0.1) is 4.92 Å². The molecule has 1 heterocycles.